The number of aryl methyl sites for hydroxylation is 2. The molecule has 0 aliphatic carbocycles. The first-order valence-corrected chi connectivity index (χ1v) is 10.1. The molecule has 0 radical (unpaired) electrons. The van der Waals surface area contributed by atoms with Gasteiger partial charge in [-0.25, -0.2) is 0 Å². The topological polar surface area (TPSA) is 49.4 Å². The molecule has 0 aliphatic rings. The summed E-state index contributed by atoms with van der Waals surface area (Å²) < 4.78 is 0. The predicted octanol–water partition coefficient (Wildman–Crippen LogP) is 4.71. The number of hydrogen-bond donors (Lipinski definition) is 1. The zero-order valence-electron chi connectivity index (χ0n) is 16.7. The molecule has 1 atom stereocenters. The smallest absolute Gasteiger partial charge is 0.242 e. The fraction of sp³-hybridized carbons (Fsp3) is 0.364. The minimum Gasteiger partial charge on any atom is -0.355 e. The maximum absolute atomic E-state index is 13.1. The molecule has 2 aromatic carbocycles. The summed E-state index contributed by atoms with van der Waals surface area (Å²) in [7, 11) is 0. The fourth-order valence-corrected chi connectivity index (χ4v) is 3.25. The van der Waals surface area contributed by atoms with Crippen LogP contribution in [-0.2, 0) is 22.6 Å². The fourth-order valence-electron chi connectivity index (χ4n) is 2.93. The molecule has 4 nitrogen and oxygen atoms in total. The summed E-state index contributed by atoms with van der Waals surface area (Å²) in [5.74, 6) is -0.302. The summed E-state index contributed by atoms with van der Waals surface area (Å²) in [6, 6.07) is 10.6. The van der Waals surface area contributed by atoms with E-state index in [1.807, 2.05) is 45.0 Å². The first kappa shape index (κ1) is 22.3. The van der Waals surface area contributed by atoms with E-state index in [0.717, 1.165) is 16.7 Å². The van der Waals surface area contributed by atoms with Gasteiger partial charge < -0.3 is 10.2 Å². The van der Waals surface area contributed by atoms with Gasteiger partial charge in [-0.05, 0) is 62.1 Å². The molecule has 0 saturated heterocycles. The molecular formula is C22H26Cl2N2O2. The first-order chi connectivity index (χ1) is 13.2. The van der Waals surface area contributed by atoms with Gasteiger partial charge in [0.2, 0.25) is 11.8 Å². The molecule has 0 aromatic heterocycles. The van der Waals surface area contributed by atoms with Crippen LogP contribution in [0.4, 0.5) is 0 Å². The molecule has 6 heteroatoms. The molecule has 0 bridgehead atoms. The van der Waals surface area contributed by atoms with E-state index < -0.39 is 6.04 Å². The predicted molar refractivity (Wildman–Crippen MR) is 115 cm³/mol. The molecule has 1 N–H and O–H groups in total. The molecular weight excluding hydrogens is 395 g/mol. The van der Waals surface area contributed by atoms with Gasteiger partial charge >= 0.3 is 0 Å². The maximum Gasteiger partial charge on any atom is 0.242 e. The van der Waals surface area contributed by atoms with Crippen LogP contribution < -0.4 is 5.32 Å². The highest BCUT2D eigenvalue weighted by molar-refractivity contribution is 6.42. The molecule has 0 spiro atoms. The Morgan fingerprint density at radius 1 is 1.00 bits per heavy atom. The van der Waals surface area contributed by atoms with Gasteiger partial charge in [-0.15, -0.1) is 0 Å². The Hall–Kier alpha value is -2.04. The minimum atomic E-state index is -0.603. The molecule has 150 valence electrons. The summed E-state index contributed by atoms with van der Waals surface area (Å²) in [5, 5.41) is 3.66. The lowest BCUT2D eigenvalue weighted by Crippen LogP contribution is -2.48. The number of carbonyl (C=O) groups excluding carboxylic acids is 2. The van der Waals surface area contributed by atoms with Crippen LogP contribution >= 0.6 is 23.2 Å². The molecule has 2 amide bonds. The molecule has 0 heterocycles. The Balaban J connectivity index is 2.27. The Morgan fingerprint density at radius 2 is 1.68 bits per heavy atom. The second-order valence-electron chi connectivity index (χ2n) is 6.94. The van der Waals surface area contributed by atoms with Crippen molar-refractivity contribution in [3.63, 3.8) is 0 Å². The third-order valence-corrected chi connectivity index (χ3v) is 5.52. The van der Waals surface area contributed by atoms with Gasteiger partial charge in [0.15, 0.2) is 0 Å². The monoisotopic (exact) mass is 420 g/mol. The molecule has 0 fully saturated rings. The van der Waals surface area contributed by atoms with Gasteiger partial charge in [-0.1, -0.05) is 47.5 Å². The van der Waals surface area contributed by atoms with Crippen molar-refractivity contribution in [3.8, 4) is 0 Å². The number of likely N-dealkylation sites (N-methyl/N-ethyl adjacent to an activating group) is 1. The van der Waals surface area contributed by atoms with Crippen LogP contribution in [0.1, 0.15) is 36.1 Å². The minimum absolute atomic E-state index is 0.118. The number of nitrogens with zero attached hydrogens (tertiary/aromatic N) is 1. The van der Waals surface area contributed by atoms with Crippen LogP contribution in [0.25, 0.3) is 0 Å². The number of carbonyl (C=O) groups is 2. The Labute approximate surface area is 176 Å². The second-order valence-corrected chi connectivity index (χ2v) is 7.75. The molecule has 28 heavy (non-hydrogen) atoms. The quantitative estimate of drug-likeness (QED) is 0.704. The van der Waals surface area contributed by atoms with E-state index in [1.54, 1.807) is 24.0 Å². The lowest BCUT2D eigenvalue weighted by molar-refractivity contribution is -0.140. The molecule has 2 rings (SSSR count). The van der Waals surface area contributed by atoms with Crippen LogP contribution in [-0.4, -0.2) is 29.3 Å². The van der Waals surface area contributed by atoms with Crippen molar-refractivity contribution >= 4 is 35.0 Å². The molecule has 0 aliphatic heterocycles. The van der Waals surface area contributed by atoms with Crippen LogP contribution in [0.2, 0.25) is 10.0 Å². The zero-order valence-corrected chi connectivity index (χ0v) is 18.2. The first-order valence-electron chi connectivity index (χ1n) is 9.30. The van der Waals surface area contributed by atoms with Gasteiger partial charge in [0, 0.05) is 13.1 Å². The molecule has 0 unspecified atom stereocenters. The van der Waals surface area contributed by atoms with Crippen molar-refractivity contribution in [2.45, 2.75) is 46.7 Å². The number of amides is 2. The summed E-state index contributed by atoms with van der Waals surface area (Å²) in [6.07, 6.45) is 0.228. The van der Waals surface area contributed by atoms with Crippen molar-refractivity contribution in [1.29, 1.82) is 0 Å². The third-order valence-electron chi connectivity index (χ3n) is 4.78. The Kier molecular flexibility index (Phi) is 7.90. The van der Waals surface area contributed by atoms with Gasteiger partial charge in [0.05, 0.1) is 16.5 Å². The normalized spacial score (nSPS) is 11.8. The maximum atomic E-state index is 13.1. The molecule has 2 aromatic rings. The highest BCUT2D eigenvalue weighted by Gasteiger charge is 2.26. The van der Waals surface area contributed by atoms with Gasteiger partial charge in [0.25, 0.3) is 0 Å². The van der Waals surface area contributed by atoms with Crippen LogP contribution in [0.5, 0.6) is 0 Å². The number of rotatable bonds is 7. The Bertz CT molecular complexity index is 868. The third kappa shape index (κ3) is 5.73. The standard InChI is InChI=1S/C22H26Cl2N2O2/c1-5-25-22(28)16(4)26(13-18-8-9-19(23)20(24)11-18)21(27)12-17-7-6-14(2)15(3)10-17/h6-11,16H,5,12-13H2,1-4H3,(H,25,28)/t16-/m0/s1. The number of halogens is 2. The van der Waals surface area contributed by atoms with Crippen LogP contribution in [0.15, 0.2) is 36.4 Å². The van der Waals surface area contributed by atoms with Crippen molar-refractivity contribution in [3.05, 3.63) is 68.7 Å². The summed E-state index contributed by atoms with van der Waals surface area (Å²) in [6.45, 7) is 8.43. The zero-order chi connectivity index (χ0) is 20.8. The molecule has 0 saturated carbocycles. The van der Waals surface area contributed by atoms with Gasteiger partial charge in [0.1, 0.15) is 6.04 Å². The number of benzene rings is 2. The van der Waals surface area contributed by atoms with Crippen molar-refractivity contribution < 1.29 is 9.59 Å². The van der Waals surface area contributed by atoms with Crippen LogP contribution in [0, 0.1) is 13.8 Å². The highest BCUT2D eigenvalue weighted by Crippen LogP contribution is 2.24. The van der Waals surface area contributed by atoms with E-state index in [4.69, 9.17) is 23.2 Å². The van der Waals surface area contributed by atoms with Crippen molar-refractivity contribution in [2.75, 3.05) is 6.54 Å². The highest BCUT2D eigenvalue weighted by atomic mass is 35.5. The summed E-state index contributed by atoms with van der Waals surface area (Å²) in [4.78, 5) is 27.1. The van der Waals surface area contributed by atoms with Gasteiger partial charge in [-0.2, -0.15) is 0 Å². The number of hydrogen-bond acceptors (Lipinski definition) is 2. The van der Waals surface area contributed by atoms with E-state index in [9.17, 15) is 9.59 Å². The summed E-state index contributed by atoms with van der Waals surface area (Å²) in [5.41, 5.74) is 4.06. The van der Waals surface area contributed by atoms with E-state index in [1.165, 1.54) is 5.56 Å². The van der Waals surface area contributed by atoms with Crippen molar-refractivity contribution in [2.24, 2.45) is 0 Å². The number of nitrogens with one attached hydrogen (secondary N) is 1. The SMILES string of the molecule is CCNC(=O)[C@H](C)N(Cc1ccc(Cl)c(Cl)c1)C(=O)Cc1ccc(C)c(C)c1. The van der Waals surface area contributed by atoms with E-state index >= 15 is 0 Å². The average molecular weight is 421 g/mol. The summed E-state index contributed by atoms with van der Waals surface area (Å²) >= 11 is 12.1. The largest absolute Gasteiger partial charge is 0.355 e. The average Bonchev–Trinajstić information content (AvgIpc) is 2.65. The van der Waals surface area contributed by atoms with Crippen LogP contribution in [0.3, 0.4) is 0 Å². The van der Waals surface area contributed by atoms with E-state index in [0.29, 0.717) is 16.6 Å². The second kappa shape index (κ2) is 9.94. The lowest BCUT2D eigenvalue weighted by Gasteiger charge is -2.29. The van der Waals surface area contributed by atoms with E-state index in [-0.39, 0.29) is 24.8 Å². The van der Waals surface area contributed by atoms with E-state index in [2.05, 4.69) is 5.32 Å². The van der Waals surface area contributed by atoms with Crippen molar-refractivity contribution in [1.82, 2.24) is 10.2 Å². The van der Waals surface area contributed by atoms with Gasteiger partial charge in [-0.3, -0.25) is 9.59 Å². The lowest BCUT2D eigenvalue weighted by atomic mass is 10.0. The Morgan fingerprint density at radius 3 is 2.29 bits per heavy atom.